The van der Waals surface area contributed by atoms with E-state index >= 15 is 0 Å². The summed E-state index contributed by atoms with van der Waals surface area (Å²) in [6.07, 6.45) is 6.57. The van der Waals surface area contributed by atoms with Crippen LogP contribution in [0, 0.1) is 34.0 Å². The van der Waals surface area contributed by atoms with Crippen LogP contribution in [0.2, 0.25) is 0 Å². The van der Waals surface area contributed by atoms with E-state index in [4.69, 9.17) is 0 Å². The number of fused-ring (bicyclic) bond motifs is 1. The third kappa shape index (κ3) is 1.22. The molecule has 1 heteroatoms. The Bertz CT molecular complexity index is 396. The molecule has 3 saturated carbocycles. The van der Waals surface area contributed by atoms with E-state index in [9.17, 15) is 4.79 Å². The molecule has 0 saturated heterocycles. The van der Waals surface area contributed by atoms with Gasteiger partial charge in [-0.1, -0.05) is 27.7 Å². The molecule has 0 aromatic heterocycles. The van der Waals surface area contributed by atoms with E-state index in [-0.39, 0.29) is 5.41 Å². The summed E-state index contributed by atoms with van der Waals surface area (Å²) in [5.74, 6) is 2.79. The highest BCUT2D eigenvalue weighted by Crippen LogP contribution is 2.74. The second-order valence-corrected chi connectivity index (χ2v) is 8.32. The van der Waals surface area contributed by atoms with E-state index in [0.717, 1.165) is 18.3 Å². The van der Waals surface area contributed by atoms with E-state index in [0.29, 0.717) is 22.5 Å². The SMILES string of the molecule is CC(=O)[C@]1(C)CC[C@@]23C[C@@H]1C(C)(C)[C@@H]2CC[C@H]3C. The van der Waals surface area contributed by atoms with Crippen LogP contribution in [-0.2, 0) is 4.79 Å². The van der Waals surface area contributed by atoms with Gasteiger partial charge in [0.2, 0.25) is 0 Å². The summed E-state index contributed by atoms with van der Waals surface area (Å²) in [6.45, 7) is 11.4. The number of Topliss-reactive ketones (excluding diaryl/α,β-unsaturated/α-hetero) is 1. The molecular weight excluding hydrogens is 220 g/mol. The van der Waals surface area contributed by atoms with Crippen molar-refractivity contribution in [3.8, 4) is 0 Å². The summed E-state index contributed by atoms with van der Waals surface area (Å²) >= 11 is 0. The first kappa shape index (κ1) is 12.7. The van der Waals surface area contributed by atoms with Gasteiger partial charge in [-0.15, -0.1) is 0 Å². The van der Waals surface area contributed by atoms with Gasteiger partial charge in [0.25, 0.3) is 0 Å². The third-order valence-corrected chi connectivity index (χ3v) is 7.63. The van der Waals surface area contributed by atoms with Gasteiger partial charge in [-0.2, -0.15) is 0 Å². The van der Waals surface area contributed by atoms with Crippen molar-refractivity contribution in [3.05, 3.63) is 0 Å². The van der Waals surface area contributed by atoms with Crippen LogP contribution in [0.25, 0.3) is 0 Å². The van der Waals surface area contributed by atoms with E-state index < -0.39 is 0 Å². The molecule has 3 aliphatic rings. The summed E-state index contributed by atoms with van der Waals surface area (Å²) in [7, 11) is 0. The van der Waals surface area contributed by atoms with Gasteiger partial charge < -0.3 is 0 Å². The number of hydrogen-bond donors (Lipinski definition) is 0. The van der Waals surface area contributed by atoms with Crippen molar-refractivity contribution in [1.29, 1.82) is 0 Å². The van der Waals surface area contributed by atoms with Crippen LogP contribution in [0.5, 0.6) is 0 Å². The molecule has 0 radical (unpaired) electrons. The summed E-state index contributed by atoms with van der Waals surface area (Å²) in [5, 5.41) is 0. The second kappa shape index (κ2) is 3.41. The normalized spacial score (nSPS) is 53.3. The first-order chi connectivity index (χ1) is 8.25. The van der Waals surface area contributed by atoms with Gasteiger partial charge in [-0.05, 0) is 67.6 Å². The van der Waals surface area contributed by atoms with Gasteiger partial charge >= 0.3 is 0 Å². The number of rotatable bonds is 1. The quantitative estimate of drug-likeness (QED) is 0.670. The lowest BCUT2D eigenvalue weighted by Crippen LogP contribution is -2.43. The van der Waals surface area contributed by atoms with Crippen LogP contribution in [0.1, 0.15) is 66.7 Å². The predicted molar refractivity (Wildman–Crippen MR) is 74.2 cm³/mol. The predicted octanol–water partition coefficient (Wildman–Crippen LogP) is 4.45. The van der Waals surface area contributed by atoms with Gasteiger partial charge in [0, 0.05) is 5.41 Å². The molecule has 102 valence electrons. The fourth-order valence-corrected chi connectivity index (χ4v) is 6.33. The van der Waals surface area contributed by atoms with Crippen molar-refractivity contribution in [2.45, 2.75) is 66.7 Å². The maximum Gasteiger partial charge on any atom is 0.135 e. The zero-order valence-corrected chi connectivity index (χ0v) is 12.7. The number of ketones is 1. The van der Waals surface area contributed by atoms with Crippen LogP contribution < -0.4 is 0 Å². The van der Waals surface area contributed by atoms with Crippen molar-refractivity contribution in [1.82, 2.24) is 0 Å². The molecule has 0 heterocycles. The summed E-state index contributed by atoms with van der Waals surface area (Å²) in [6, 6.07) is 0. The third-order valence-electron chi connectivity index (χ3n) is 7.63. The molecule has 0 unspecified atom stereocenters. The number of carbonyl (C=O) groups excluding carboxylic acids is 1. The summed E-state index contributed by atoms with van der Waals surface area (Å²) < 4.78 is 0. The minimum absolute atomic E-state index is 0.0428. The minimum atomic E-state index is -0.0428. The number of hydrogen-bond acceptors (Lipinski definition) is 1. The Balaban J connectivity index is 2.07. The molecule has 1 nitrogen and oxygen atoms in total. The largest absolute Gasteiger partial charge is 0.299 e. The zero-order chi connectivity index (χ0) is 13.3. The van der Waals surface area contributed by atoms with Gasteiger partial charge in [-0.25, -0.2) is 0 Å². The maximum atomic E-state index is 12.2. The molecule has 3 aliphatic carbocycles. The molecular formula is C17H28O. The van der Waals surface area contributed by atoms with Gasteiger partial charge in [0.15, 0.2) is 0 Å². The Hall–Kier alpha value is -0.330. The first-order valence-electron chi connectivity index (χ1n) is 7.76. The Labute approximate surface area is 112 Å². The van der Waals surface area contributed by atoms with Crippen molar-refractivity contribution in [2.24, 2.45) is 34.0 Å². The van der Waals surface area contributed by atoms with Crippen LogP contribution in [-0.4, -0.2) is 5.78 Å². The standard InChI is InChI=1S/C17H28O/c1-11-6-7-13-15(3,4)14-10-17(11,13)9-8-16(14,5)12(2)18/h11,13-14H,6-10H2,1-5H3/t11-,13+,14-,16+,17+/m1/s1. The lowest BCUT2D eigenvalue weighted by atomic mass is 9.57. The smallest absolute Gasteiger partial charge is 0.135 e. The molecule has 3 fully saturated rings. The molecule has 0 aromatic rings. The Kier molecular flexibility index (Phi) is 2.40. The monoisotopic (exact) mass is 248 g/mol. The fraction of sp³-hybridized carbons (Fsp3) is 0.941. The topological polar surface area (TPSA) is 17.1 Å². The highest BCUT2D eigenvalue weighted by Gasteiger charge is 2.68. The van der Waals surface area contributed by atoms with E-state index in [1.165, 1.54) is 25.7 Å². The molecule has 0 aromatic carbocycles. The number of carbonyl (C=O) groups is 1. The Morgan fingerprint density at radius 3 is 2.33 bits per heavy atom. The minimum Gasteiger partial charge on any atom is -0.299 e. The van der Waals surface area contributed by atoms with Crippen LogP contribution in [0.4, 0.5) is 0 Å². The molecule has 5 atom stereocenters. The highest BCUT2D eigenvalue weighted by atomic mass is 16.1. The highest BCUT2D eigenvalue weighted by molar-refractivity contribution is 5.82. The van der Waals surface area contributed by atoms with Gasteiger partial charge in [0.1, 0.15) is 5.78 Å². The lowest BCUT2D eigenvalue weighted by Gasteiger charge is -2.46. The van der Waals surface area contributed by atoms with Crippen LogP contribution >= 0.6 is 0 Å². The van der Waals surface area contributed by atoms with E-state index in [1.54, 1.807) is 0 Å². The zero-order valence-electron chi connectivity index (χ0n) is 12.7. The molecule has 3 rings (SSSR count). The van der Waals surface area contributed by atoms with E-state index in [2.05, 4.69) is 27.7 Å². The van der Waals surface area contributed by atoms with Crippen molar-refractivity contribution in [3.63, 3.8) is 0 Å². The lowest BCUT2D eigenvalue weighted by molar-refractivity contribution is -0.133. The second-order valence-electron chi connectivity index (χ2n) is 8.32. The molecule has 0 aliphatic heterocycles. The fourth-order valence-electron chi connectivity index (χ4n) is 6.33. The van der Waals surface area contributed by atoms with Crippen molar-refractivity contribution in [2.75, 3.05) is 0 Å². The van der Waals surface area contributed by atoms with Gasteiger partial charge in [-0.3, -0.25) is 4.79 Å². The Morgan fingerprint density at radius 1 is 1.06 bits per heavy atom. The van der Waals surface area contributed by atoms with Crippen molar-refractivity contribution < 1.29 is 4.79 Å². The maximum absolute atomic E-state index is 12.2. The van der Waals surface area contributed by atoms with Crippen LogP contribution in [0.3, 0.4) is 0 Å². The van der Waals surface area contributed by atoms with Crippen LogP contribution in [0.15, 0.2) is 0 Å². The van der Waals surface area contributed by atoms with Crippen molar-refractivity contribution >= 4 is 5.78 Å². The average molecular weight is 248 g/mol. The Morgan fingerprint density at radius 2 is 1.72 bits per heavy atom. The molecule has 0 N–H and O–H groups in total. The molecule has 0 amide bonds. The molecule has 2 bridgehead atoms. The first-order valence-corrected chi connectivity index (χ1v) is 7.76. The molecule has 18 heavy (non-hydrogen) atoms. The molecule has 1 spiro atoms. The van der Waals surface area contributed by atoms with Gasteiger partial charge in [0.05, 0.1) is 0 Å². The summed E-state index contributed by atoms with van der Waals surface area (Å²) in [5.41, 5.74) is 0.906. The van der Waals surface area contributed by atoms with E-state index in [1.807, 2.05) is 6.92 Å². The summed E-state index contributed by atoms with van der Waals surface area (Å²) in [4.78, 5) is 12.2. The average Bonchev–Trinajstić information content (AvgIpc) is 2.69.